The molecule has 1 unspecified atom stereocenters. The Morgan fingerprint density at radius 1 is 1.25 bits per heavy atom. The number of hydrogen-bond acceptors (Lipinski definition) is 1. The molecule has 2 N–H and O–H groups in total. The summed E-state index contributed by atoms with van der Waals surface area (Å²) in [6, 6.07) is 0.384. The summed E-state index contributed by atoms with van der Waals surface area (Å²) in [6.07, 6.45) is 1.08. The zero-order chi connectivity index (χ0) is 4.28. The first kappa shape index (κ1) is 24.6. The van der Waals surface area contributed by atoms with Gasteiger partial charge in [-0.15, -0.1) is 0 Å². The van der Waals surface area contributed by atoms with Crippen molar-refractivity contribution in [3.8, 4) is 0 Å². The fourth-order valence-corrected chi connectivity index (χ4v) is 0. The first-order valence-electron chi connectivity index (χ1n) is 2.03. The largest absolute Gasteiger partial charge is 0.328 e. The van der Waals surface area contributed by atoms with E-state index in [-0.39, 0.29) is 22.3 Å². The van der Waals surface area contributed by atoms with E-state index in [1.54, 1.807) is 0 Å². The van der Waals surface area contributed by atoms with Crippen LogP contribution in [-0.4, -0.2) is 6.04 Å². The van der Waals surface area contributed by atoms with E-state index in [1.807, 2.05) is 6.92 Å². The van der Waals surface area contributed by atoms with Gasteiger partial charge in [0.2, 0.25) is 0 Å². The van der Waals surface area contributed by atoms with Crippen molar-refractivity contribution in [3.63, 3.8) is 0 Å². The first-order chi connectivity index (χ1) is 2.27. The Kier molecular flexibility index (Phi) is 48.5. The average Bonchev–Trinajstić information content (AvgIpc) is 1.38. The Balaban J connectivity index is -0.0000000267. The summed E-state index contributed by atoms with van der Waals surface area (Å²) in [5.74, 6) is 0. The van der Waals surface area contributed by atoms with Crippen LogP contribution in [0.4, 0.5) is 0 Å². The van der Waals surface area contributed by atoms with Gasteiger partial charge in [0.1, 0.15) is 0 Å². The van der Waals surface area contributed by atoms with E-state index in [1.165, 1.54) is 0 Å². The molecule has 0 spiro atoms. The third kappa shape index (κ3) is 38.2. The molecule has 0 aliphatic heterocycles. The molecular weight excluding hydrogens is 98.1 g/mol. The fourth-order valence-electron chi connectivity index (χ4n) is 0. The van der Waals surface area contributed by atoms with E-state index in [2.05, 4.69) is 6.92 Å². The molecular formula is C7H23N. The highest BCUT2D eigenvalue weighted by molar-refractivity contribution is 4.43. The molecule has 0 aromatic carbocycles. The Bertz CT molecular complexity index is 18.3. The van der Waals surface area contributed by atoms with Gasteiger partial charge < -0.3 is 5.73 Å². The van der Waals surface area contributed by atoms with Gasteiger partial charge in [0.25, 0.3) is 0 Å². The SMILES string of the molecule is C.C.C.CCC(C)N. The lowest BCUT2D eigenvalue weighted by Gasteiger charge is -1.91. The highest BCUT2D eigenvalue weighted by Crippen LogP contribution is 1.77. The van der Waals surface area contributed by atoms with Crippen LogP contribution >= 0.6 is 0 Å². The summed E-state index contributed by atoms with van der Waals surface area (Å²) in [5, 5.41) is 0. The maximum atomic E-state index is 5.29. The van der Waals surface area contributed by atoms with Gasteiger partial charge in [-0.1, -0.05) is 29.2 Å². The minimum Gasteiger partial charge on any atom is -0.328 e. The molecule has 0 aromatic rings. The third-order valence-electron chi connectivity index (χ3n) is 0.644. The van der Waals surface area contributed by atoms with Gasteiger partial charge in [0.05, 0.1) is 0 Å². The van der Waals surface area contributed by atoms with Gasteiger partial charge in [-0.05, 0) is 13.3 Å². The van der Waals surface area contributed by atoms with Gasteiger partial charge in [0.15, 0.2) is 0 Å². The zero-order valence-corrected chi connectivity index (χ0v) is 3.86. The lowest BCUT2D eigenvalue weighted by Crippen LogP contribution is -2.11. The van der Waals surface area contributed by atoms with Crippen LogP contribution in [0.25, 0.3) is 0 Å². The summed E-state index contributed by atoms with van der Waals surface area (Å²) < 4.78 is 0. The molecule has 0 saturated carbocycles. The van der Waals surface area contributed by atoms with E-state index < -0.39 is 0 Å². The van der Waals surface area contributed by atoms with E-state index in [0.29, 0.717) is 6.04 Å². The second-order valence-electron chi connectivity index (χ2n) is 1.39. The van der Waals surface area contributed by atoms with Crippen LogP contribution in [0.15, 0.2) is 0 Å². The van der Waals surface area contributed by atoms with Crippen molar-refractivity contribution in [1.29, 1.82) is 0 Å². The lowest BCUT2D eigenvalue weighted by atomic mass is 10.3. The van der Waals surface area contributed by atoms with Crippen LogP contribution in [0, 0.1) is 0 Å². The standard InChI is InChI=1S/C4H11N.3CH4/c1-3-4(2)5;;;/h4H,3,5H2,1-2H3;3*1H4. The quantitative estimate of drug-likeness (QED) is 0.567. The zero-order valence-electron chi connectivity index (χ0n) is 3.86. The first-order valence-corrected chi connectivity index (χ1v) is 2.03. The van der Waals surface area contributed by atoms with Crippen LogP contribution in [-0.2, 0) is 0 Å². The summed E-state index contributed by atoms with van der Waals surface area (Å²) in [7, 11) is 0. The summed E-state index contributed by atoms with van der Waals surface area (Å²) in [5.41, 5.74) is 5.29. The smallest absolute Gasteiger partial charge is 0.000781 e. The molecule has 0 rings (SSSR count). The predicted octanol–water partition coefficient (Wildman–Crippen LogP) is 2.65. The molecule has 0 aromatic heterocycles. The van der Waals surface area contributed by atoms with Crippen LogP contribution in [0.5, 0.6) is 0 Å². The van der Waals surface area contributed by atoms with Gasteiger partial charge in [0, 0.05) is 6.04 Å². The molecule has 1 nitrogen and oxygen atoms in total. The Labute approximate surface area is 55.3 Å². The predicted molar refractivity (Wildman–Crippen MR) is 44.1 cm³/mol. The maximum absolute atomic E-state index is 5.29. The Morgan fingerprint density at radius 3 is 1.38 bits per heavy atom. The molecule has 1 heteroatoms. The summed E-state index contributed by atoms with van der Waals surface area (Å²) in [4.78, 5) is 0. The van der Waals surface area contributed by atoms with Crippen LogP contribution in [0.3, 0.4) is 0 Å². The molecule has 1 atom stereocenters. The minimum atomic E-state index is 0. The molecule has 0 radical (unpaired) electrons. The van der Waals surface area contributed by atoms with Crippen LogP contribution in [0.2, 0.25) is 0 Å². The average molecular weight is 121 g/mol. The molecule has 0 amide bonds. The van der Waals surface area contributed by atoms with E-state index in [0.717, 1.165) is 6.42 Å². The molecule has 0 saturated heterocycles. The van der Waals surface area contributed by atoms with E-state index >= 15 is 0 Å². The lowest BCUT2D eigenvalue weighted by molar-refractivity contribution is 0.715. The Hall–Kier alpha value is -0.0400. The summed E-state index contributed by atoms with van der Waals surface area (Å²) >= 11 is 0. The monoisotopic (exact) mass is 121 g/mol. The van der Waals surface area contributed by atoms with Gasteiger partial charge in [-0.2, -0.15) is 0 Å². The van der Waals surface area contributed by atoms with Gasteiger partial charge in [-0.25, -0.2) is 0 Å². The molecule has 0 aliphatic carbocycles. The van der Waals surface area contributed by atoms with Gasteiger partial charge >= 0.3 is 0 Å². The number of nitrogens with two attached hydrogens (primary N) is 1. The molecule has 56 valence electrons. The molecule has 8 heavy (non-hydrogen) atoms. The minimum absolute atomic E-state index is 0. The second-order valence-corrected chi connectivity index (χ2v) is 1.39. The van der Waals surface area contributed by atoms with Crippen molar-refractivity contribution in [2.75, 3.05) is 0 Å². The van der Waals surface area contributed by atoms with Crippen molar-refractivity contribution in [2.24, 2.45) is 5.73 Å². The molecule has 0 fully saturated rings. The highest BCUT2D eigenvalue weighted by Gasteiger charge is 1.79. The fraction of sp³-hybridized carbons (Fsp3) is 1.00. The van der Waals surface area contributed by atoms with Crippen molar-refractivity contribution in [2.45, 2.75) is 48.6 Å². The number of rotatable bonds is 1. The normalized spacial score (nSPS) is 9.38. The van der Waals surface area contributed by atoms with Crippen LogP contribution < -0.4 is 5.73 Å². The molecule has 0 bridgehead atoms. The topological polar surface area (TPSA) is 26.0 Å². The molecule has 0 heterocycles. The highest BCUT2D eigenvalue weighted by atomic mass is 14.6. The van der Waals surface area contributed by atoms with Gasteiger partial charge in [-0.3, -0.25) is 0 Å². The molecule has 0 aliphatic rings. The van der Waals surface area contributed by atoms with Crippen LogP contribution in [0.1, 0.15) is 42.5 Å². The summed E-state index contributed by atoms with van der Waals surface area (Å²) in [6.45, 7) is 4.07. The van der Waals surface area contributed by atoms with Crippen molar-refractivity contribution in [1.82, 2.24) is 0 Å². The number of hydrogen-bond donors (Lipinski definition) is 1. The van der Waals surface area contributed by atoms with E-state index in [4.69, 9.17) is 5.73 Å². The van der Waals surface area contributed by atoms with E-state index in [9.17, 15) is 0 Å². The van der Waals surface area contributed by atoms with Crippen molar-refractivity contribution in [3.05, 3.63) is 0 Å². The van der Waals surface area contributed by atoms with Crippen molar-refractivity contribution < 1.29 is 0 Å². The maximum Gasteiger partial charge on any atom is 0.000781 e. The Morgan fingerprint density at radius 2 is 1.38 bits per heavy atom. The van der Waals surface area contributed by atoms with Crippen molar-refractivity contribution >= 4 is 0 Å². The second kappa shape index (κ2) is 15.8. The third-order valence-corrected chi connectivity index (χ3v) is 0.644.